The molecule has 1 amide bonds. The first-order valence-electron chi connectivity index (χ1n) is 6.70. The average Bonchev–Trinajstić information content (AvgIpc) is 2.46. The highest BCUT2D eigenvalue weighted by atomic mass is 16.5. The van der Waals surface area contributed by atoms with Crippen LogP contribution in [0.4, 0.5) is 0 Å². The minimum absolute atomic E-state index is 0.00489. The lowest BCUT2D eigenvalue weighted by Gasteiger charge is -2.43. The third-order valence-corrected chi connectivity index (χ3v) is 3.84. The lowest BCUT2D eigenvalue weighted by Crippen LogP contribution is -2.56. The lowest BCUT2D eigenvalue weighted by atomic mass is 9.99. The Balaban J connectivity index is 1.96. The van der Waals surface area contributed by atoms with Crippen molar-refractivity contribution in [1.29, 1.82) is 0 Å². The summed E-state index contributed by atoms with van der Waals surface area (Å²) in [6, 6.07) is 17.5. The fraction of sp³-hybridized carbons (Fsp3) is 0.235. The molecule has 1 aliphatic heterocycles. The Bertz CT molecular complexity index is 638. The topological polar surface area (TPSA) is 29.5 Å². The van der Waals surface area contributed by atoms with Gasteiger partial charge in [0, 0.05) is 13.5 Å². The first-order valence-corrected chi connectivity index (χ1v) is 6.70. The Morgan fingerprint density at radius 1 is 1.05 bits per heavy atom. The molecule has 3 rings (SSSR count). The summed E-state index contributed by atoms with van der Waals surface area (Å²) in [4.78, 5) is 14.2. The Morgan fingerprint density at radius 2 is 1.70 bits per heavy atom. The lowest BCUT2D eigenvalue weighted by molar-refractivity contribution is -0.0499. The standard InChI is InChI=1S/C17H17NO2/c1-17(12-13-8-4-3-5-9-13)18(2)16(19)14-10-6-7-11-15(14)20-17/h3-11H,12H2,1-2H3/t17-/m0/s1. The van der Waals surface area contributed by atoms with Crippen molar-refractivity contribution >= 4 is 5.91 Å². The van der Waals surface area contributed by atoms with Crippen molar-refractivity contribution in [2.75, 3.05) is 7.05 Å². The Labute approximate surface area is 118 Å². The highest BCUT2D eigenvalue weighted by Crippen LogP contribution is 2.34. The van der Waals surface area contributed by atoms with E-state index in [-0.39, 0.29) is 5.91 Å². The number of amides is 1. The van der Waals surface area contributed by atoms with Gasteiger partial charge in [-0.15, -0.1) is 0 Å². The maximum absolute atomic E-state index is 12.5. The fourth-order valence-corrected chi connectivity index (χ4v) is 2.56. The highest BCUT2D eigenvalue weighted by Gasteiger charge is 2.40. The molecule has 2 aromatic rings. The molecule has 3 heteroatoms. The number of para-hydroxylation sites is 1. The largest absolute Gasteiger partial charge is 0.467 e. The summed E-state index contributed by atoms with van der Waals surface area (Å²) in [5, 5.41) is 0. The van der Waals surface area contributed by atoms with Crippen LogP contribution in [0.1, 0.15) is 22.8 Å². The molecule has 0 unspecified atom stereocenters. The van der Waals surface area contributed by atoms with E-state index in [2.05, 4.69) is 0 Å². The first-order chi connectivity index (χ1) is 9.60. The molecule has 0 bridgehead atoms. The van der Waals surface area contributed by atoms with Crippen LogP contribution < -0.4 is 4.74 Å². The predicted molar refractivity (Wildman–Crippen MR) is 77.7 cm³/mol. The van der Waals surface area contributed by atoms with Gasteiger partial charge in [0.1, 0.15) is 5.75 Å². The number of carbonyl (C=O) groups excluding carboxylic acids is 1. The Kier molecular flexibility index (Phi) is 2.97. The zero-order chi connectivity index (χ0) is 14.2. The van der Waals surface area contributed by atoms with E-state index >= 15 is 0 Å². The normalized spacial score (nSPS) is 21.3. The van der Waals surface area contributed by atoms with Crippen LogP contribution in [-0.4, -0.2) is 23.6 Å². The van der Waals surface area contributed by atoms with Crippen molar-refractivity contribution in [3.8, 4) is 5.75 Å². The zero-order valence-electron chi connectivity index (χ0n) is 11.7. The van der Waals surface area contributed by atoms with Gasteiger partial charge in [-0.1, -0.05) is 42.5 Å². The Hall–Kier alpha value is -2.29. The second-order valence-electron chi connectivity index (χ2n) is 5.30. The third-order valence-electron chi connectivity index (χ3n) is 3.84. The van der Waals surface area contributed by atoms with E-state index in [1.54, 1.807) is 18.0 Å². The molecule has 20 heavy (non-hydrogen) atoms. The van der Waals surface area contributed by atoms with E-state index in [1.165, 1.54) is 0 Å². The van der Waals surface area contributed by atoms with Crippen LogP contribution >= 0.6 is 0 Å². The quantitative estimate of drug-likeness (QED) is 0.836. The number of carbonyl (C=O) groups is 1. The van der Waals surface area contributed by atoms with Crippen LogP contribution in [0.15, 0.2) is 54.6 Å². The molecular formula is C17H17NO2. The molecule has 0 radical (unpaired) electrons. The maximum Gasteiger partial charge on any atom is 0.260 e. The molecular weight excluding hydrogens is 250 g/mol. The van der Waals surface area contributed by atoms with Crippen molar-refractivity contribution in [2.24, 2.45) is 0 Å². The molecule has 0 saturated carbocycles. The van der Waals surface area contributed by atoms with Crippen LogP contribution in [0.2, 0.25) is 0 Å². The minimum atomic E-state index is -0.660. The zero-order valence-corrected chi connectivity index (χ0v) is 11.7. The molecule has 0 fully saturated rings. The number of nitrogens with zero attached hydrogens (tertiary/aromatic N) is 1. The van der Waals surface area contributed by atoms with Gasteiger partial charge >= 0.3 is 0 Å². The number of ether oxygens (including phenoxy) is 1. The molecule has 0 N–H and O–H groups in total. The van der Waals surface area contributed by atoms with Gasteiger partial charge in [0.25, 0.3) is 5.91 Å². The van der Waals surface area contributed by atoms with Gasteiger partial charge in [-0.2, -0.15) is 0 Å². The SMILES string of the molecule is CN1C(=O)c2ccccc2O[C@@]1(C)Cc1ccccc1. The van der Waals surface area contributed by atoms with E-state index in [0.717, 1.165) is 5.56 Å². The monoisotopic (exact) mass is 267 g/mol. The molecule has 1 aliphatic rings. The molecule has 1 heterocycles. The summed E-state index contributed by atoms with van der Waals surface area (Å²) in [5.41, 5.74) is 1.11. The average molecular weight is 267 g/mol. The Morgan fingerprint density at radius 3 is 2.45 bits per heavy atom. The van der Waals surface area contributed by atoms with Crippen LogP contribution in [-0.2, 0) is 6.42 Å². The van der Waals surface area contributed by atoms with Gasteiger partial charge in [0.05, 0.1) is 5.56 Å². The summed E-state index contributed by atoms with van der Waals surface area (Å²) >= 11 is 0. The number of hydrogen-bond acceptors (Lipinski definition) is 2. The predicted octanol–water partition coefficient (Wildman–Crippen LogP) is 3.11. The number of fused-ring (bicyclic) bond motifs is 1. The van der Waals surface area contributed by atoms with Crippen LogP contribution in [0.25, 0.3) is 0 Å². The summed E-state index contributed by atoms with van der Waals surface area (Å²) < 4.78 is 6.11. The summed E-state index contributed by atoms with van der Waals surface area (Å²) in [7, 11) is 1.79. The van der Waals surface area contributed by atoms with E-state index in [4.69, 9.17) is 4.74 Å². The van der Waals surface area contributed by atoms with Gasteiger partial charge in [-0.05, 0) is 24.6 Å². The van der Waals surface area contributed by atoms with Gasteiger partial charge in [0.15, 0.2) is 5.72 Å². The van der Waals surface area contributed by atoms with Crippen molar-refractivity contribution in [1.82, 2.24) is 4.90 Å². The molecule has 2 aromatic carbocycles. The molecule has 102 valence electrons. The summed E-state index contributed by atoms with van der Waals surface area (Å²) in [6.45, 7) is 1.95. The second kappa shape index (κ2) is 4.67. The van der Waals surface area contributed by atoms with Crippen LogP contribution in [0.3, 0.4) is 0 Å². The fourth-order valence-electron chi connectivity index (χ4n) is 2.56. The smallest absolute Gasteiger partial charge is 0.260 e. The third kappa shape index (κ3) is 2.05. The van der Waals surface area contributed by atoms with Crippen LogP contribution in [0, 0.1) is 0 Å². The highest BCUT2D eigenvalue weighted by molar-refractivity contribution is 5.98. The number of rotatable bonds is 2. The maximum atomic E-state index is 12.5. The molecule has 1 atom stereocenters. The first kappa shape index (κ1) is 12.7. The van der Waals surface area contributed by atoms with Crippen molar-refractivity contribution in [2.45, 2.75) is 19.1 Å². The number of hydrogen-bond donors (Lipinski definition) is 0. The van der Waals surface area contributed by atoms with Crippen molar-refractivity contribution in [3.05, 3.63) is 65.7 Å². The summed E-state index contributed by atoms with van der Waals surface area (Å²) in [5.74, 6) is 0.666. The van der Waals surface area contributed by atoms with E-state index in [0.29, 0.717) is 17.7 Å². The molecule has 0 saturated heterocycles. The molecule has 0 aromatic heterocycles. The molecule has 3 nitrogen and oxygen atoms in total. The second-order valence-corrected chi connectivity index (χ2v) is 5.30. The van der Waals surface area contributed by atoms with Gasteiger partial charge in [-0.25, -0.2) is 0 Å². The van der Waals surface area contributed by atoms with Crippen molar-refractivity contribution < 1.29 is 9.53 Å². The van der Waals surface area contributed by atoms with Crippen LogP contribution in [0.5, 0.6) is 5.75 Å². The van der Waals surface area contributed by atoms with E-state index in [1.807, 2.05) is 55.5 Å². The van der Waals surface area contributed by atoms with Gasteiger partial charge in [-0.3, -0.25) is 4.79 Å². The van der Waals surface area contributed by atoms with Crippen molar-refractivity contribution in [3.63, 3.8) is 0 Å². The minimum Gasteiger partial charge on any atom is -0.467 e. The van der Waals surface area contributed by atoms with Gasteiger partial charge in [0.2, 0.25) is 0 Å². The summed E-state index contributed by atoms with van der Waals surface area (Å²) in [6.07, 6.45) is 0.657. The molecule has 0 spiro atoms. The van der Waals surface area contributed by atoms with E-state index < -0.39 is 5.72 Å². The number of likely N-dealkylation sites (N-methyl/N-ethyl adjacent to an activating group) is 1. The number of benzene rings is 2. The van der Waals surface area contributed by atoms with Gasteiger partial charge < -0.3 is 9.64 Å². The van der Waals surface area contributed by atoms with E-state index in [9.17, 15) is 4.79 Å². The molecule has 0 aliphatic carbocycles.